The van der Waals surface area contributed by atoms with E-state index in [0.717, 1.165) is 16.7 Å². The Hall–Kier alpha value is -0.580. The molecule has 0 aromatic carbocycles. The molecule has 4 heteroatoms. The summed E-state index contributed by atoms with van der Waals surface area (Å²) in [5.74, 6) is 0. The van der Waals surface area contributed by atoms with Crippen molar-refractivity contribution in [1.82, 2.24) is 4.57 Å². The molecule has 2 aromatic rings. The fourth-order valence-corrected chi connectivity index (χ4v) is 2.82. The first kappa shape index (κ1) is 9.96. The van der Waals surface area contributed by atoms with Crippen molar-refractivity contribution in [3.63, 3.8) is 0 Å². The highest BCUT2D eigenvalue weighted by Crippen LogP contribution is 2.24. The van der Waals surface area contributed by atoms with Crippen molar-refractivity contribution >= 4 is 27.3 Å². The van der Waals surface area contributed by atoms with Crippen LogP contribution in [-0.4, -0.2) is 9.67 Å². The van der Waals surface area contributed by atoms with E-state index in [-0.39, 0.29) is 6.61 Å². The molecule has 2 nitrogen and oxygen atoms in total. The van der Waals surface area contributed by atoms with Crippen LogP contribution in [0.15, 0.2) is 34.2 Å². The van der Waals surface area contributed by atoms with Crippen molar-refractivity contribution in [3.8, 4) is 0 Å². The van der Waals surface area contributed by atoms with E-state index in [2.05, 4.69) is 25.9 Å². The minimum atomic E-state index is 0.0932. The smallest absolute Gasteiger partial charge is 0.0832 e. The Morgan fingerprint density at radius 2 is 2.29 bits per heavy atom. The van der Waals surface area contributed by atoms with E-state index in [4.69, 9.17) is 5.11 Å². The van der Waals surface area contributed by atoms with Gasteiger partial charge in [-0.2, -0.15) is 0 Å². The van der Waals surface area contributed by atoms with E-state index in [1.165, 1.54) is 4.88 Å². The van der Waals surface area contributed by atoms with Gasteiger partial charge < -0.3 is 9.67 Å². The molecule has 0 aliphatic rings. The van der Waals surface area contributed by atoms with Crippen molar-refractivity contribution in [1.29, 1.82) is 0 Å². The molecule has 0 atom stereocenters. The Morgan fingerprint density at radius 1 is 1.43 bits per heavy atom. The van der Waals surface area contributed by atoms with Crippen molar-refractivity contribution in [2.45, 2.75) is 13.2 Å². The van der Waals surface area contributed by atoms with Crippen LogP contribution in [0.2, 0.25) is 0 Å². The molecule has 0 saturated heterocycles. The molecule has 1 N–H and O–H groups in total. The van der Waals surface area contributed by atoms with Crippen LogP contribution in [-0.2, 0) is 13.2 Å². The lowest BCUT2D eigenvalue weighted by Gasteiger charge is -2.05. The van der Waals surface area contributed by atoms with Crippen LogP contribution in [0.4, 0.5) is 0 Å². The van der Waals surface area contributed by atoms with Gasteiger partial charge in [0.1, 0.15) is 0 Å². The predicted molar refractivity (Wildman–Crippen MR) is 61.5 cm³/mol. The molecule has 0 spiro atoms. The number of thiophene rings is 1. The summed E-state index contributed by atoms with van der Waals surface area (Å²) in [5, 5.41) is 11.1. The zero-order valence-corrected chi connectivity index (χ0v) is 9.88. The molecule has 2 heterocycles. The standard InChI is InChI=1S/C10H10BrNOS/c11-9-3-5-14-10(9)6-12-4-1-2-8(12)7-13/h1-5,13H,6-7H2. The Balaban J connectivity index is 2.22. The first-order valence-corrected chi connectivity index (χ1v) is 5.95. The van der Waals surface area contributed by atoms with E-state index in [1.54, 1.807) is 11.3 Å². The molecule has 2 rings (SSSR count). The Labute approximate surface area is 94.9 Å². The summed E-state index contributed by atoms with van der Waals surface area (Å²) >= 11 is 5.21. The number of halogens is 1. The van der Waals surface area contributed by atoms with Gasteiger partial charge in [-0.3, -0.25) is 0 Å². The third-order valence-corrected chi connectivity index (χ3v) is 4.00. The number of nitrogens with zero attached hydrogens (tertiary/aromatic N) is 1. The van der Waals surface area contributed by atoms with E-state index in [9.17, 15) is 0 Å². The second-order valence-electron chi connectivity index (χ2n) is 2.98. The van der Waals surface area contributed by atoms with Crippen molar-refractivity contribution in [2.24, 2.45) is 0 Å². The summed E-state index contributed by atoms with van der Waals surface area (Å²) in [4.78, 5) is 1.27. The molecule has 2 aromatic heterocycles. The number of aliphatic hydroxyl groups excluding tert-OH is 1. The summed E-state index contributed by atoms with van der Waals surface area (Å²) in [6, 6.07) is 5.93. The van der Waals surface area contributed by atoms with Gasteiger partial charge in [0.15, 0.2) is 0 Å². The second kappa shape index (κ2) is 4.29. The monoisotopic (exact) mass is 271 g/mol. The van der Waals surface area contributed by atoms with E-state index < -0.39 is 0 Å². The summed E-state index contributed by atoms with van der Waals surface area (Å²) in [6.07, 6.45) is 1.98. The van der Waals surface area contributed by atoms with Crippen LogP contribution in [0.5, 0.6) is 0 Å². The molecule has 74 valence electrons. The van der Waals surface area contributed by atoms with Gasteiger partial charge in [0.2, 0.25) is 0 Å². The SMILES string of the molecule is OCc1cccn1Cc1sccc1Br. The lowest BCUT2D eigenvalue weighted by Crippen LogP contribution is -2.01. The third-order valence-electron chi connectivity index (χ3n) is 2.09. The van der Waals surface area contributed by atoms with Gasteiger partial charge in [0.05, 0.1) is 13.2 Å². The Bertz CT molecular complexity index is 421. The first-order valence-electron chi connectivity index (χ1n) is 4.28. The predicted octanol–water partition coefficient (Wildman–Crippen LogP) is 2.85. The molecule has 0 amide bonds. The van der Waals surface area contributed by atoms with Gasteiger partial charge in [0.25, 0.3) is 0 Å². The van der Waals surface area contributed by atoms with Gasteiger partial charge in [-0.25, -0.2) is 0 Å². The summed E-state index contributed by atoms with van der Waals surface area (Å²) in [7, 11) is 0. The summed E-state index contributed by atoms with van der Waals surface area (Å²) in [6.45, 7) is 0.914. The van der Waals surface area contributed by atoms with Gasteiger partial charge in [-0.15, -0.1) is 11.3 Å². The van der Waals surface area contributed by atoms with Crippen LogP contribution >= 0.6 is 27.3 Å². The van der Waals surface area contributed by atoms with Gasteiger partial charge in [0, 0.05) is 21.2 Å². The Morgan fingerprint density at radius 3 is 2.93 bits per heavy atom. The van der Waals surface area contributed by atoms with Gasteiger partial charge in [-0.05, 0) is 39.5 Å². The molecular weight excluding hydrogens is 262 g/mol. The minimum absolute atomic E-state index is 0.0932. The molecule has 0 aliphatic heterocycles. The fraction of sp³-hybridized carbons (Fsp3) is 0.200. The number of hydrogen-bond donors (Lipinski definition) is 1. The molecule has 0 fully saturated rings. The average molecular weight is 272 g/mol. The molecule has 0 unspecified atom stereocenters. The van der Waals surface area contributed by atoms with E-state index in [1.807, 2.05) is 24.4 Å². The normalized spacial score (nSPS) is 10.7. The van der Waals surface area contributed by atoms with Crippen LogP contribution < -0.4 is 0 Å². The fourth-order valence-electron chi connectivity index (χ4n) is 1.34. The average Bonchev–Trinajstić information content (AvgIpc) is 2.77. The largest absolute Gasteiger partial charge is 0.390 e. The lowest BCUT2D eigenvalue weighted by atomic mass is 10.4. The highest BCUT2D eigenvalue weighted by atomic mass is 79.9. The zero-order valence-electron chi connectivity index (χ0n) is 7.48. The third kappa shape index (κ3) is 1.92. The quantitative estimate of drug-likeness (QED) is 0.913. The Kier molecular flexibility index (Phi) is 3.05. The molecule has 0 bridgehead atoms. The topological polar surface area (TPSA) is 25.2 Å². The van der Waals surface area contributed by atoms with Crippen molar-refractivity contribution in [3.05, 3.63) is 44.8 Å². The second-order valence-corrected chi connectivity index (χ2v) is 4.83. The first-order chi connectivity index (χ1) is 6.81. The molecule has 0 aliphatic carbocycles. The van der Waals surface area contributed by atoms with Crippen LogP contribution in [0.3, 0.4) is 0 Å². The van der Waals surface area contributed by atoms with Gasteiger partial charge in [-0.1, -0.05) is 0 Å². The maximum Gasteiger partial charge on any atom is 0.0832 e. The van der Waals surface area contributed by atoms with Crippen molar-refractivity contribution in [2.75, 3.05) is 0 Å². The van der Waals surface area contributed by atoms with Crippen LogP contribution in [0.1, 0.15) is 10.6 Å². The highest BCUT2D eigenvalue weighted by molar-refractivity contribution is 9.10. The number of hydrogen-bond acceptors (Lipinski definition) is 2. The minimum Gasteiger partial charge on any atom is -0.390 e. The maximum atomic E-state index is 9.08. The van der Waals surface area contributed by atoms with Crippen LogP contribution in [0, 0.1) is 0 Å². The molecule has 0 saturated carbocycles. The van der Waals surface area contributed by atoms with Gasteiger partial charge >= 0.3 is 0 Å². The molecule has 14 heavy (non-hydrogen) atoms. The highest BCUT2D eigenvalue weighted by Gasteiger charge is 2.04. The van der Waals surface area contributed by atoms with E-state index in [0.29, 0.717) is 0 Å². The van der Waals surface area contributed by atoms with Crippen molar-refractivity contribution < 1.29 is 5.11 Å². The van der Waals surface area contributed by atoms with E-state index >= 15 is 0 Å². The number of rotatable bonds is 3. The number of aliphatic hydroxyl groups is 1. The van der Waals surface area contributed by atoms with Crippen LogP contribution in [0.25, 0.3) is 0 Å². The summed E-state index contributed by atoms with van der Waals surface area (Å²) in [5.41, 5.74) is 0.949. The molecule has 0 radical (unpaired) electrons. The number of aromatic nitrogens is 1. The lowest BCUT2D eigenvalue weighted by molar-refractivity contribution is 0.271. The summed E-state index contributed by atoms with van der Waals surface area (Å²) < 4.78 is 3.19. The molecular formula is C10H10BrNOS. The maximum absolute atomic E-state index is 9.08. The zero-order chi connectivity index (χ0) is 9.97.